The van der Waals surface area contributed by atoms with Crippen LogP contribution < -0.4 is 18.9 Å². The van der Waals surface area contributed by atoms with Gasteiger partial charge in [0.25, 0.3) is 0 Å². The maximum atomic E-state index is 9.89. The molecule has 6 heteroatoms. The molecule has 0 atom stereocenters. The van der Waals surface area contributed by atoms with Crippen molar-refractivity contribution in [3.05, 3.63) is 35.4 Å². The fourth-order valence-corrected chi connectivity index (χ4v) is 2.09. The molecule has 0 aliphatic rings. The second kappa shape index (κ2) is 7.38. The van der Waals surface area contributed by atoms with Crippen LogP contribution in [0.25, 0.3) is 0 Å². The molecule has 2 aromatic carbocycles. The zero-order valence-electron chi connectivity index (χ0n) is 13.8. The van der Waals surface area contributed by atoms with E-state index in [0.29, 0.717) is 22.6 Å². The van der Waals surface area contributed by atoms with E-state index in [1.807, 2.05) is 0 Å². The number of hydrogen-bond acceptors (Lipinski definition) is 6. The van der Waals surface area contributed by atoms with E-state index in [9.17, 15) is 10.2 Å². The van der Waals surface area contributed by atoms with E-state index in [2.05, 4.69) is 11.8 Å². The highest BCUT2D eigenvalue weighted by Gasteiger charge is 2.11. The molecule has 0 aromatic heterocycles. The van der Waals surface area contributed by atoms with Crippen LogP contribution in [0, 0.1) is 11.8 Å². The van der Waals surface area contributed by atoms with Crippen LogP contribution in [0.2, 0.25) is 0 Å². The molecule has 126 valence electrons. The molecule has 2 N–H and O–H groups in total. The Morgan fingerprint density at radius 3 is 1.21 bits per heavy atom. The zero-order chi connectivity index (χ0) is 17.7. The number of aromatic hydroxyl groups is 2. The number of methoxy groups -OCH3 is 4. The first-order valence-electron chi connectivity index (χ1n) is 6.96. The summed E-state index contributed by atoms with van der Waals surface area (Å²) in [6.07, 6.45) is 0. The van der Waals surface area contributed by atoms with Crippen molar-refractivity contribution in [2.24, 2.45) is 0 Å². The van der Waals surface area contributed by atoms with Gasteiger partial charge >= 0.3 is 0 Å². The van der Waals surface area contributed by atoms with Gasteiger partial charge in [-0.2, -0.15) is 0 Å². The van der Waals surface area contributed by atoms with Crippen LogP contribution >= 0.6 is 0 Å². The van der Waals surface area contributed by atoms with Crippen LogP contribution in [0.15, 0.2) is 24.3 Å². The minimum Gasteiger partial charge on any atom is -0.504 e. The van der Waals surface area contributed by atoms with Gasteiger partial charge in [-0.05, 0) is 0 Å². The van der Waals surface area contributed by atoms with Gasteiger partial charge in [0.05, 0.1) is 39.6 Å². The Morgan fingerprint density at radius 2 is 0.917 bits per heavy atom. The lowest BCUT2D eigenvalue weighted by molar-refractivity contribution is 0.363. The fourth-order valence-electron chi connectivity index (χ4n) is 2.09. The molecular formula is C18H18O6. The minimum absolute atomic E-state index is 0.0489. The van der Waals surface area contributed by atoms with Gasteiger partial charge in [0, 0.05) is 24.3 Å². The molecular weight excluding hydrogens is 312 g/mol. The third-order valence-electron chi connectivity index (χ3n) is 3.33. The molecule has 0 amide bonds. The summed E-state index contributed by atoms with van der Waals surface area (Å²) in [6, 6.07) is 5.98. The Labute approximate surface area is 140 Å². The first kappa shape index (κ1) is 17.2. The average Bonchev–Trinajstić information content (AvgIpc) is 2.60. The molecule has 0 aliphatic heterocycles. The molecule has 0 bridgehead atoms. The van der Waals surface area contributed by atoms with Gasteiger partial charge in [0.1, 0.15) is 11.5 Å². The molecule has 0 spiro atoms. The third kappa shape index (κ3) is 3.41. The number of rotatable bonds is 4. The Hall–Kier alpha value is -3.20. The summed E-state index contributed by atoms with van der Waals surface area (Å²) in [5.41, 5.74) is 0.932. The number of phenols is 2. The van der Waals surface area contributed by atoms with E-state index >= 15 is 0 Å². The highest BCUT2D eigenvalue weighted by molar-refractivity contribution is 5.61. The summed E-state index contributed by atoms with van der Waals surface area (Å²) < 4.78 is 20.6. The van der Waals surface area contributed by atoms with Gasteiger partial charge in [0.2, 0.25) is 0 Å². The summed E-state index contributed by atoms with van der Waals surface area (Å²) in [7, 11) is 5.89. The van der Waals surface area contributed by atoms with Crippen molar-refractivity contribution < 1.29 is 29.2 Å². The van der Waals surface area contributed by atoms with E-state index in [4.69, 9.17) is 18.9 Å². The van der Waals surface area contributed by atoms with Crippen LogP contribution in [-0.2, 0) is 0 Å². The molecule has 6 nitrogen and oxygen atoms in total. The van der Waals surface area contributed by atoms with Crippen molar-refractivity contribution >= 4 is 0 Å². The maximum Gasteiger partial charge on any atom is 0.164 e. The van der Waals surface area contributed by atoms with Gasteiger partial charge in [-0.3, -0.25) is 0 Å². The molecule has 0 saturated carbocycles. The lowest BCUT2D eigenvalue weighted by Gasteiger charge is -2.09. The van der Waals surface area contributed by atoms with Crippen molar-refractivity contribution in [1.82, 2.24) is 0 Å². The number of benzene rings is 2. The predicted octanol–water partition coefficient (Wildman–Crippen LogP) is 2.53. The van der Waals surface area contributed by atoms with E-state index in [1.54, 1.807) is 12.1 Å². The van der Waals surface area contributed by atoms with Crippen molar-refractivity contribution in [2.75, 3.05) is 28.4 Å². The molecule has 2 aromatic rings. The lowest BCUT2D eigenvalue weighted by Crippen LogP contribution is -1.93. The summed E-state index contributed by atoms with van der Waals surface area (Å²) in [5, 5.41) is 19.8. The third-order valence-corrected chi connectivity index (χ3v) is 3.33. The Kier molecular flexibility index (Phi) is 5.27. The molecule has 0 unspecified atom stereocenters. The topological polar surface area (TPSA) is 77.4 Å². The highest BCUT2D eigenvalue weighted by Crippen LogP contribution is 2.35. The second-order valence-corrected chi connectivity index (χ2v) is 4.70. The van der Waals surface area contributed by atoms with Gasteiger partial charge in [-0.15, -0.1) is 0 Å². The smallest absolute Gasteiger partial charge is 0.164 e. The molecule has 0 radical (unpaired) electrons. The first-order chi connectivity index (χ1) is 11.5. The standard InChI is InChI=1S/C18H18O6/c1-21-15-9-17(23-3)13(19)7-11(15)5-6-12-8-14(20)18(24-4)10-16(12)22-2/h7-10,19-20H,1-4H3. The van der Waals surface area contributed by atoms with Crippen LogP contribution in [0.3, 0.4) is 0 Å². The number of hydrogen-bond donors (Lipinski definition) is 2. The van der Waals surface area contributed by atoms with E-state index in [1.165, 1.54) is 40.6 Å². The van der Waals surface area contributed by atoms with E-state index in [0.717, 1.165) is 0 Å². The largest absolute Gasteiger partial charge is 0.504 e. The second-order valence-electron chi connectivity index (χ2n) is 4.70. The summed E-state index contributed by atoms with van der Waals surface area (Å²) in [4.78, 5) is 0. The number of ether oxygens (including phenoxy) is 4. The van der Waals surface area contributed by atoms with Gasteiger partial charge in [-0.1, -0.05) is 11.8 Å². The molecule has 2 rings (SSSR count). The quantitative estimate of drug-likeness (QED) is 0.839. The fraction of sp³-hybridized carbons (Fsp3) is 0.222. The highest BCUT2D eigenvalue weighted by atomic mass is 16.5. The van der Waals surface area contributed by atoms with Crippen molar-refractivity contribution in [3.8, 4) is 46.3 Å². The van der Waals surface area contributed by atoms with Crippen molar-refractivity contribution in [3.63, 3.8) is 0 Å². The van der Waals surface area contributed by atoms with E-state index < -0.39 is 0 Å². The summed E-state index contributed by atoms with van der Waals surface area (Å²) in [5.74, 6) is 7.16. The SMILES string of the molecule is COc1cc(OC)c(C#Cc2cc(O)c(OC)cc2OC)cc1O. The van der Waals surface area contributed by atoms with Crippen molar-refractivity contribution in [2.45, 2.75) is 0 Å². The minimum atomic E-state index is -0.0489. The van der Waals surface area contributed by atoms with Crippen LogP contribution in [0.1, 0.15) is 11.1 Å². The van der Waals surface area contributed by atoms with Crippen LogP contribution in [-0.4, -0.2) is 38.7 Å². The van der Waals surface area contributed by atoms with Crippen molar-refractivity contribution in [1.29, 1.82) is 0 Å². The molecule has 0 fully saturated rings. The van der Waals surface area contributed by atoms with E-state index in [-0.39, 0.29) is 23.0 Å². The lowest BCUT2D eigenvalue weighted by atomic mass is 10.1. The van der Waals surface area contributed by atoms with Gasteiger partial charge < -0.3 is 29.2 Å². The first-order valence-corrected chi connectivity index (χ1v) is 6.96. The Balaban J connectivity index is 2.50. The Morgan fingerprint density at radius 1 is 0.583 bits per heavy atom. The maximum absolute atomic E-state index is 9.89. The van der Waals surface area contributed by atoms with Gasteiger partial charge in [-0.25, -0.2) is 0 Å². The molecule has 0 saturated heterocycles. The molecule has 24 heavy (non-hydrogen) atoms. The zero-order valence-corrected chi connectivity index (χ0v) is 13.8. The Bertz CT molecular complexity index is 736. The van der Waals surface area contributed by atoms with Crippen LogP contribution in [0.4, 0.5) is 0 Å². The molecule has 0 aliphatic carbocycles. The summed E-state index contributed by atoms with van der Waals surface area (Å²) >= 11 is 0. The molecule has 0 heterocycles. The van der Waals surface area contributed by atoms with Gasteiger partial charge in [0.15, 0.2) is 23.0 Å². The number of phenolic OH excluding ortho intramolecular Hbond substituents is 2. The monoisotopic (exact) mass is 330 g/mol. The normalized spacial score (nSPS) is 9.67. The summed E-state index contributed by atoms with van der Waals surface area (Å²) in [6.45, 7) is 0. The average molecular weight is 330 g/mol. The predicted molar refractivity (Wildman–Crippen MR) is 88.4 cm³/mol. The van der Waals surface area contributed by atoms with Crippen LogP contribution in [0.5, 0.6) is 34.5 Å².